The molecule has 0 unspecified atom stereocenters. The zero-order chi connectivity index (χ0) is 6.69. The van der Waals surface area contributed by atoms with Crippen LogP contribution < -0.4 is 27.6 Å². The van der Waals surface area contributed by atoms with E-state index < -0.39 is 0 Å². The monoisotopic (exact) mass is 271 g/mol. The predicted molar refractivity (Wildman–Crippen MR) is 27.0 cm³/mol. The fraction of sp³-hybridized carbons (Fsp3) is 0. The van der Waals surface area contributed by atoms with E-state index in [1.165, 1.54) is 12.1 Å². The van der Waals surface area contributed by atoms with Crippen LogP contribution in [0.1, 0.15) is 0 Å². The van der Waals surface area contributed by atoms with E-state index in [0.717, 1.165) is 25.2 Å². The second-order valence-corrected chi connectivity index (χ2v) is 2.06. The molecule has 1 rings (SSSR count). The van der Waals surface area contributed by atoms with Gasteiger partial charge in [-0.3, -0.25) is 0 Å². The second-order valence-electron chi connectivity index (χ2n) is 1.56. The molecule has 0 aromatic heterocycles. The fourth-order valence-corrected chi connectivity index (χ4v) is 0.843. The van der Waals surface area contributed by atoms with Crippen molar-refractivity contribution in [1.29, 1.82) is 0 Å². The largest absolute Gasteiger partial charge is 1.00 e. The topological polar surface area (TPSA) is 9.23 Å². The Morgan fingerprint density at radius 3 is 2.27 bits per heavy atom. The normalized spacial score (nSPS) is 7.55. The van der Waals surface area contributed by atoms with Crippen molar-refractivity contribution in [3.8, 4) is 5.75 Å². The molecule has 0 atom stereocenters. The molecule has 0 aliphatic rings. The van der Waals surface area contributed by atoms with Crippen LogP contribution in [-0.4, -0.2) is 0 Å². The van der Waals surface area contributed by atoms with Crippen molar-refractivity contribution in [2.45, 2.75) is 0 Å². The average molecular weight is 273 g/mol. The van der Waals surface area contributed by atoms with Gasteiger partial charge in [0.1, 0.15) is 0 Å². The summed E-state index contributed by atoms with van der Waals surface area (Å²) in [5.41, 5.74) is 0. The number of hydrogen-bond acceptors (Lipinski definition) is 1. The SMILES string of the molecule is Fc1cccc([O][Zr+2])c1.[Cl-].[Cl-]. The zero-order valence-corrected chi connectivity index (χ0v) is 9.32. The summed E-state index contributed by atoms with van der Waals surface area (Å²) in [5.74, 6) is 0.336. The molecule has 0 aliphatic carbocycles. The number of benzene rings is 1. The first kappa shape index (κ1) is 14.0. The van der Waals surface area contributed by atoms with Crippen LogP contribution in [0.15, 0.2) is 24.3 Å². The van der Waals surface area contributed by atoms with Gasteiger partial charge in [-0.1, -0.05) is 0 Å². The molecule has 1 aromatic rings. The molecule has 0 fully saturated rings. The predicted octanol–water partition coefficient (Wildman–Crippen LogP) is -4.33. The molecule has 0 spiro atoms. The molecule has 5 heteroatoms. The Balaban J connectivity index is 0. The van der Waals surface area contributed by atoms with Gasteiger partial charge in [0.15, 0.2) is 0 Å². The van der Waals surface area contributed by atoms with E-state index in [9.17, 15) is 4.39 Å². The molecule has 0 bridgehead atoms. The van der Waals surface area contributed by atoms with Gasteiger partial charge in [0.2, 0.25) is 0 Å². The number of hydrogen-bond donors (Lipinski definition) is 0. The Labute approximate surface area is 92.6 Å². The number of halogens is 3. The van der Waals surface area contributed by atoms with E-state index in [-0.39, 0.29) is 30.6 Å². The van der Waals surface area contributed by atoms with Crippen molar-refractivity contribution in [1.82, 2.24) is 0 Å². The van der Waals surface area contributed by atoms with Gasteiger partial charge in [0.25, 0.3) is 0 Å². The average Bonchev–Trinajstić information content (AvgIpc) is 1.88. The Morgan fingerprint density at radius 2 is 1.91 bits per heavy atom. The molecule has 1 aromatic carbocycles. The van der Waals surface area contributed by atoms with Crippen molar-refractivity contribution in [3.63, 3.8) is 0 Å². The summed E-state index contributed by atoms with van der Waals surface area (Å²) in [7, 11) is 0. The maximum absolute atomic E-state index is 12.3. The van der Waals surface area contributed by atoms with Crippen LogP contribution in [0.3, 0.4) is 0 Å². The van der Waals surface area contributed by atoms with Crippen molar-refractivity contribution < 1.29 is 57.2 Å². The summed E-state index contributed by atoms with van der Waals surface area (Å²) in [6.07, 6.45) is 0. The Hall–Kier alpha value is 0.413. The van der Waals surface area contributed by atoms with E-state index in [2.05, 4.69) is 0 Å². The van der Waals surface area contributed by atoms with Gasteiger partial charge in [-0.25, -0.2) is 0 Å². The van der Waals surface area contributed by atoms with Gasteiger partial charge in [0, 0.05) is 0 Å². The van der Waals surface area contributed by atoms with Gasteiger partial charge in [-0.05, 0) is 0 Å². The molecule has 0 radical (unpaired) electrons. The Morgan fingerprint density at radius 1 is 1.27 bits per heavy atom. The summed E-state index contributed by atoms with van der Waals surface area (Å²) in [6.45, 7) is 0. The van der Waals surface area contributed by atoms with Crippen LogP contribution in [-0.2, 0) is 25.2 Å². The van der Waals surface area contributed by atoms with Crippen LogP contribution in [0.2, 0.25) is 0 Å². The molecule has 0 amide bonds. The van der Waals surface area contributed by atoms with Crippen LogP contribution in [0.4, 0.5) is 4.39 Å². The molecule has 59 valence electrons. The smallest absolute Gasteiger partial charge is 1.00 e. The van der Waals surface area contributed by atoms with E-state index in [1.54, 1.807) is 12.1 Å². The van der Waals surface area contributed by atoms with E-state index >= 15 is 0 Å². The minimum absolute atomic E-state index is 0. The van der Waals surface area contributed by atoms with Crippen molar-refractivity contribution in [2.75, 3.05) is 0 Å². The molecule has 0 heterocycles. The maximum Gasteiger partial charge on any atom is -1.00 e. The molecular weight excluding hydrogens is 269 g/mol. The summed E-state index contributed by atoms with van der Waals surface area (Å²) in [6, 6.07) is 6.08. The molecular formula is C6H4Cl2FOZr. The van der Waals surface area contributed by atoms with E-state index in [0.29, 0.717) is 5.75 Å². The first-order valence-electron chi connectivity index (χ1n) is 2.42. The van der Waals surface area contributed by atoms with Crippen molar-refractivity contribution >= 4 is 0 Å². The summed E-state index contributed by atoms with van der Waals surface area (Å²) < 4.78 is 17.1. The quantitative estimate of drug-likeness (QED) is 0.503. The molecule has 0 saturated heterocycles. The van der Waals surface area contributed by atoms with Crippen molar-refractivity contribution in [3.05, 3.63) is 30.1 Å². The molecule has 0 N–H and O–H groups in total. The van der Waals surface area contributed by atoms with Crippen LogP contribution in [0.5, 0.6) is 5.75 Å². The second kappa shape index (κ2) is 7.08. The van der Waals surface area contributed by atoms with Gasteiger partial charge in [-0.2, -0.15) is 0 Å². The van der Waals surface area contributed by atoms with Crippen molar-refractivity contribution in [2.24, 2.45) is 0 Å². The summed E-state index contributed by atoms with van der Waals surface area (Å²) in [5, 5.41) is 0. The van der Waals surface area contributed by atoms with Gasteiger partial charge in [0.05, 0.1) is 0 Å². The van der Waals surface area contributed by atoms with Gasteiger partial charge >= 0.3 is 68.2 Å². The standard InChI is InChI=1S/C6H5FO.2ClH.Zr/c7-5-2-1-3-6(8)4-5;;;/h1-4,8H;2*1H;/q;;;+3/p-3. The first-order chi connectivity index (χ1) is 4.33. The molecule has 1 nitrogen and oxygen atoms in total. The maximum atomic E-state index is 12.3. The minimum atomic E-state index is -0.255. The van der Waals surface area contributed by atoms with Crippen LogP contribution in [0, 0.1) is 5.82 Å². The summed E-state index contributed by atoms with van der Waals surface area (Å²) in [4.78, 5) is 0. The number of rotatable bonds is 1. The Kier molecular flexibility index (Phi) is 8.99. The minimum Gasteiger partial charge on any atom is -1.00 e. The summed E-state index contributed by atoms with van der Waals surface area (Å²) >= 11 is 0.925. The first-order valence-corrected chi connectivity index (χ1v) is 3.42. The fourth-order valence-electron chi connectivity index (χ4n) is 0.530. The van der Waals surface area contributed by atoms with Gasteiger partial charge < -0.3 is 24.8 Å². The third-order valence-corrected chi connectivity index (χ3v) is 1.49. The van der Waals surface area contributed by atoms with Gasteiger partial charge in [-0.15, -0.1) is 0 Å². The molecule has 0 aliphatic heterocycles. The van der Waals surface area contributed by atoms with E-state index in [1.807, 2.05) is 0 Å². The Bertz CT molecular complexity index is 210. The van der Waals surface area contributed by atoms with E-state index in [4.69, 9.17) is 2.81 Å². The molecule has 11 heavy (non-hydrogen) atoms. The zero-order valence-electron chi connectivity index (χ0n) is 5.35. The third kappa shape index (κ3) is 4.78. The van der Waals surface area contributed by atoms with Crippen LogP contribution >= 0.6 is 0 Å². The third-order valence-electron chi connectivity index (χ3n) is 0.914. The molecule has 0 saturated carbocycles. The van der Waals surface area contributed by atoms with Crippen LogP contribution in [0.25, 0.3) is 0 Å².